The van der Waals surface area contributed by atoms with E-state index in [0.717, 1.165) is 49.0 Å². The molecule has 1 atom stereocenters. The Bertz CT molecular complexity index is 739. The number of carbonyl (C=O) groups is 1. The molecule has 0 aliphatic carbocycles. The zero-order valence-electron chi connectivity index (χ0n) is 14.1. The molecule has 0 saturated carbocycles. The highest BCUT2D eigenvalue weighted by atomic mass is 16.5. The number of carbonyl (C=O) groups excluding carboxylic acids is 1. The first kappa shape index (κ1) is 17.2. The van der Waals surface area contributed by atoms with Gasteiger partial charge >= 0.3 is 0 Å². The van der Waals surface area contributed by atoms with Crippen LogP contribution in [0.3, 0.4) is 0 Å². The number of likely N-dealkylation sites (tertiary alicyclic amines) is 1. The number of amides is 1. The quantitative estimate of drug-likeness (QED) is 0.423. The summed E-state index contributed by atoms with van der Waals surface area (Å²) in [4.78, 5) is 17.7. The minimum atomic E-state index is -0.569. The molecule has 25 heavy (non-hydrogen) atoms. The smallest absolute Gasteiger partial charge is 0.267 e. The normalized spacial score (nSPS) is 17.9. The van der Waals surface area contributed by atoms with Crippen LogP contribution in [-0.4, -0.2) is 40.1 Å². The van der Waals surface area contributed by atoms with Crippen molar-refractivity contribution in [2.24, 2.45) is 0 Å². The molecular weight excluding hydrogens is 320 g/mol. The van der Waals surface area contributed by atoms with E-state index in [1.807, 2.05) is 31.2 Å². The second kappa shape index (κ2) is 7.96. The summed E-state index contributed by atoms with van der Waals surface area (Å²) < 4.78 is 5.64. The van der Waals surface area contributed by atoms with Crippen molar-refractivity contribution >= 4 is 17.8 Å². The molecule has 0 bridgehead atoms. The number of hydroxylamine groups is 1. The van der Waals surface area contributed by atoms with E-state index in [1.54, 1.807) is 17.8 Å². The van der Waals surface area contributed by atoms with Crippen LogP contribution in [0.2, 0.25) is 0 Å². The lowest BCUT2D eigenvalue weighted by Crippen LogP contribution is -2.26. The van der Waals surface area contributed by atoms with Crippen molar-refractivity contribution in [1.82, 2.24) is 15.4 Å². The molecule has 2 aromatic rings. The average molecular weight is 342 g/mol. The molecule has 132 valence electrons. The van der Waals surface area contributed by atoms with Gasteiger partial charge in [0.2, 0.25) is 0 Å². The molecule has 1 amide bonds. The minimum Gasteiger partial charge on any atom is -0.465 e. The Kier molecular flexibility index (Phi) is 5.47. The fourth-order valence-electron chi connectivity index (χ4n) is 2.89. The Morgan fingerprint density at radius 2 is 2.32 bits per heavy atom. The van der Waals surface area contributed by atoms with Crippen LogP contribution in [0.25, 0.3) is 6.08 Å². The summed E-state index contributed by atoms with van der Waals surface area (Å²) >= 11 is 0. The summed E-state index contributed by atoms with van der Waals surface area (Å²) in [7, 11) is 0. The number of nitrogens with zero attached hydrogens (tertiary/aromatic N) is 2. The van der Waals surface area contributed by atoms with Crippen LogP contribution in [0, 0.1) is 6.92 Å². The molecule has 1 fully saturated rings. The third-order valence-corrected chi connectivity index (χ3v) is 4.12. The van der Waals surface area contributed by atoms with Crippen LogP contribution in [0.1, 0.15) is 23.5 Å². The van der Waals surface area contributed by atoms with Gasteiger partial charge in [0.1, 0.15) is 17.3 Å². The number of furan rings is 1. The predicted molar refractivity (Wildman–Crippen MR) is 93.9 cm³/mol. The van der Waals surface area contributed by atoms with Gasteiger partial charge < -0.3 is 9.73 Å². The number of rotatable bonds is 6. The van der Waals surface area contributed by atoms with Crippen LogP contribution in [0.15, 0.2) is 41.0 Å². The van der Waals surface area contributed by atoms with Gasteiger partial charge in [-0.05, 0) is 49.2 Å². The van der Waals surface area contributed by atoms with Crippen molar-refractivity contribution in [2.75, 3.05) is 18.4 Å². The molecule has 3 rings (SSSR count). The van der Waals surface area contributed by atoms with Gasteiger partial charge in [-0.3, -0.25) is 14.9 Å². The molecule has 2 aromatic heterocycles. The number of anilines is 1. The summed E-state index contributed by atoms with van der Waals surface area (Å²) in [6.07, 6.45) is 5.57. The van der Waals surface area contributed by atoms with E-state index in [0.29, 0.717) is 6.04 Å². The van der Waals surface area contributed by atoms with Gasteiger partial charge in [-0.2, -0.15) is 0 Å². The van der Waals surface area contributed by atoms with Crippen molar-refractivity contribution in [1.29, 1.82) is 0 Å². The van der Waals surface area contributed by atoms with E-state index in [9.17, 15) is 4.79 Å². The number of pyridine rings is 1. The Labute approximate surface area is 146 Å². The van der Waals surface area contributed by atoms with Crippen LogP contribution < -0.4 is 10.8 Å². The van der Waals surface area contributed by atoms with E-state index in [4.69, 9.17) is 9.62 Å². The van der Waals surface area contributed by atoms with E-state index in [1.165, 1.54) is 6.08 Å². The standard InChI is InChI=1S/C18H22N4O3/c1-13-2-5-16(25-13)12-22-9-8-15(11-22)20-17-6-3-14(10-19-17)4-7-18(23)21-24/h2-7,10,15,24H,8-9,11-12H2,1H3,(H,19,20)(H,21,23)/b7-4+/t15-/m1/s1. The second-order valence-corrected chi connectivity index (χ2v) is 6.16. The van der Waals surface area contributed by atoms with Crippen LogP contribution in [0.4, 0.5) is 5.82 Å². The molecule has 3 heterocycles. The Balaban J connectivity index is 1.49. The number of hydrogen-bond donors (Lipinski definition) is 3. The number of aryl methyl sites for hydroxylation is 1. The summed E-state index contributed by atoms with van der Waals surface area (Å²) in [5.41, 5.74) is 2.34. The molecule has 7 heteroatoms. The fraction of sp³-hybridized carbons (Fsp3) is 0.333. The van der Waals surface area contributed by atoms with Crippen LogP contribution >= 0.6 is 0 Å². The number of nitrogens with one attached hydrogen (secondary N) is 2. The fourth-order valence-corrected chi connectivity index (χ4v) is 2.89. The lowest BCUT2D eigenvalue weighted by Gasteiger charge is -2.16. The highest BCUT2D eigenvalue weighted by molar-refractivity contribution is 5.90. The molecule has 0 spiro atoms. The second-order valence-electron chi connectivity index (χ2n) is 6.16. The summed E-state index contributed by atoms with van der Waals surface area (Å²) in [5.74, 6) is 2.18. The topological polar surface area (TPSA) is 90.6 Å². The Morgan fingerprint density at radius 3 is 3.00 bits per heavy atom. The number of aromatic nitrogens is 1. The maximum absolute atomic E-state index is 11.0. The zero-order valence-corrected chi connectivity index (χ0v) is 14.1. The summed E-state index contributed by atoms with van der Waals surface area (Å²) in [6.45, 7) is 4.75. The highest BCUT2D eigenvalue weighted by Crippen LogP contribution is 2.18. The van der Waals surface area contributed by atoms with Crippen molar-refractivity contribution in [3.05, 3.63) is 53.6 Å². The van der Waals surface area contributed by atoms with Gasteiger partial charge in [-0.25, -0.2) is 10.5 Å². The zero-order chi connectivity index (χ0) is 17.6. The largest absolute Gasteiger partial charge is 0.465 e. The number of hydrogen-bond acceptors (Lipinski definition) is 6. The maximum atomic E-state index is 11.0. The van der Waals surface area contributed by atoms with E-state index < -0.39 is 5.91 Å². The monoisotopic (exact) mass is 342 g/mol. The van der Waals surface area contributed by atoms with Crippen molar-refractivity contribution in [3.63, 3.8) is 0 Å². The maximum Gasteiger partial charge on any atom is 0.267 e. The third kappa shape index (κ3) is 4.91. The summed E-state index contributed by atoms with van der Waals surface area (Å²) in [6, 6.07) is 8.13. The molecule has 0 unspecified atom stereocenters. The van der Waals surface area contributed by atoms with Crippen molar-refractivity contribution in [2.45, 2.75) is 25.9 Å². The van der Waals surface area contributed by atoms with Gasteiger partial charge in [-0.1, -0.05) is 0 Å². The first-order valence-corrected chi connectivity index (χ1v) is 8.25. The van der Waals surface area contributed by atoms with Gasteiger partial charge in [0.25, 0.3) is 5.91 Å². The molecule has 0 radical (unpaired) electrons. The average Bonchev–Trinajstić information content (AvgIpc) is 3.23. The minimum absolute atomic E-state index is 0.352. The van der Waals surface area contributed by atoms with E-state index >= 15 is 0 Å². The predicted octanol–water partition coefficient (Wildman–Crippen LogP) is 2.19. The highest BCUT2D eigenvalue weighted by Gasteiger charge is 2.23. The lowest BCUT2D eigenvalue weighted by molar-refractivity contribution is -0.124. The van der Waals surface area contributed by atoms with Crippen LogP contribution in [-0.2, 0) is 11.3 Å². The molecule has 3 N–H and O–H groups in total. The van der Waals surface area contributed by atoms with Crippen molar-refractivity contribution in [3.8, 4) is 0 Å². The Hall–Kier alpha value is -2.64. The molecule has 1 aliphatic rings. The van der Waals surface area contributed by atoms with Gasteiger partial charge in [0, 0.05) is 31.4 Å². The SMILES string of the molecule is Cc1ccc(CN2CC[C@@H](Nc3ccc(/C=C/C(=O)NO)cn3)C2)o1. The van der Waals surface area contributed by atoms with E-state index in [-0.39, 0.29) is 0 Å². The van der Waals surface area contributed by atoms with Crippen LogP contribution in [0.5, 0.6) is 0 Å². The molecule has 1 saturated heterocycles. The summed E-state index contributed by atoms with van der Waals surface area (Å²) in [5, 5.41) is 11.9. The lowest BCUT2D eigenvalue weighted by atomic mass is 10.2. The first-order valence-electron chi connectivity index (χ1n) is 8.25. The van der Waals surface area contributed by atoms with Gasteiger partial charge in [0.05, 0.1) is 6.54 Å². The van der Waals surface area contributed by atoms with Crippen molar-refractivity contribution < 1.29 is 14.4 Å². The molecular formula is C18H22N4O3. The van der Waals surface area contributed by atoms with Gasteiger partial charge in [-0.15, -0.1) is 0 Å². The van der Waals surface area contributed by atoms with E-state index in [2.05, 4.69) is 15.2 Å². The molecule has 0 aromatic carbocycles. The third-order valence-electron chi connectivity index (χ3n) is 4.12. The Morgan fingerprint density at radius 1 is 1.44 bits per heavy atom. The first-order chi connectivity index (χ1) is 12.1. The molecule has 1 aliphatic heterocycles. The van der Waals surface area contributed by atoms with Gasteiger partial charge in [0.15, 0.2) is 0 Å². The molecule has 7 nitrogen and oxygen atoms in total.